The molecule has 3 nitrogen and oxygen atoms in total. The number of aromatic nitrogens is 2. The van der Waals surface area contributed by atoms with E-state index in [1.807, 2.05) is 42.5 Å². The number of aromatic amines is 1. The van der Waals surface area contributed by atoms with Crippen LogP contribution in [0, 0.1) is 0 Å². The minimum Gasteiger partial charge on any atom is -0.305 e. The van der Waals surface area contributed by atoms with Crippen molar-refractivity contribution in [3.63, 3.8) is 0 Å². The van der Waals surface area contributed by atoms with E-state index in [-0.39, 0.29) is 5.56 Å². The van der Waals surface area contributed by atoms with Crippen LogP contribution in [0.15, 0.2) is 47.3 Å². The van der Waals surface area contributed by atoms with Crippen LogP contribution >= 0.6 is 22.9 Å². The predicted octanol–water partition coefficient (Wildman–Crippen LogP) is 5.16. The highest BCUT2D eigenvalue weighted by molar-refractivity contribution is 7.18. The molecule has 2 heterocycles. The maximum absolute atomic E-state index is 12.5. The molecule has 126 valence electrons. The second-order valence-electron chi connectivity index (χ2n) is 6.09. The van der Waals surface area contributed by atoms with Crippen LogP contribution in [0.25, 0.3) is 21.3 Å². The van der Waals surface area contributed by atoms with Gasteiger partial charge in [-0.25, -0.2) is 4.98 Å². The van der Waals surface area contributed by atoms with Crippen LogP contribution in [-0.2, 0) is 12.8 Å². The van der Waals surface area contributed by atoms with Crippen LogP contribution in [0.5, 0.6) is 0 Å². The molecule has 0 fully saturated rings. The minimum atomic E-state index is -0.0852. The van der Waals surface area contributed by atoms with Crippen LogP contribution < -0.4 is 5.56 Å². The number of allylic oxidation sites excluding steroid dienone is 2. The van der Waals surface area contributed by atoms with E-state index in [4.69, 9.17) is 11.6 Å². The summed E-state index contributed by atoms with van der Waals surface area (Å²) in [6, 6.07) is 9.97. The molecule has 4 rings (SSSR count). The summed E-state index contributed by atoms with van der Waals surface area (Å²) in [6.07, 6.45) is 9.94. The van der Waals surface area contributed by atoms with Crippen molar-refractivity contribution in [3.05, 3.63) is 74.7 Å². The van der Waals surface area contributed by atoms with Gasteiger partial charge in [-0.15, -0.1) is 11.3 Å². The molecular formula is C20H17ClN2OS. The van der Waals surface area contributed by atoms with E-state index in [2.05, 4.69) is 9.97 Å². The van der Waals surface area contributed by atoms with Crippen molar-refractivity contribution < 1.29 is 0 Å². The fraction of sp³-hybridized carbons (Fsp3) is 0.200. The van der Waals surface area contributed by atoms with Crippen LogP contribution in [0.4, 0.5) is 0 Å². The van der Waals surface area contributed by atoms with Gasteiger partial charge in [0.2, 0.25) is 0 Å². The van der Waals surface area contributed by atoms with Crippen molar-refractivity contribution in [1.29, 1.82) is 0 Å². The molecule has 0 atom stereocenters. The third kappa shape index (κ3) is 3.32. The van der Waals surface area contributed by atoms with E-state index in [0.29, 0.717) is 10.9 Å². The Hall–Kier alpha value is -2.17. The van der Waals surface area contributed by atoms with E-state index in [1.165, 1.54) is 16.9 Å². The molecule has 25 heavy (non-hydrogen) atoms. The Morgan fingerprint density at radius 1 is 1.20 bits per heavy atom. The zero-order chi connectivity index (χ0) is 17.2. The summed E-state index contributed by atoms with van der Waals surface area (Å²) in [5.41, 5.74) is 2.19. The number of rotatable bonds is 3. The van der Waals surface area contributed by atoms with Gasteiger partial charge in [-0.1, -0.05) is 54.1 Å². The summed E-state index contributed by atoms with van der Waals surface area (Å²) >= 11 is 7.98. The Kier molecular flexibility index (Phi) is 4.55. The Balaban J connectivity index is 1.68. The zero-order valence-corrected chi connectivity index (χ0v) is 15.2. The number of hydrogen-bond acceptors (Lipinski definition) is 3. The molecule has 0 amide bonds. The highest BCUT2D eigenvalue weighted by Gasteiger charge is 2.20. The van der Waals surface area contributed by atoms with Crippen LogP contribution in [0.2, 0.25) is 0 Å². The predicted molar refractivity (Wildman–Crippen MR) is 106 cm³/mol. The Morgan fingerprint density at radius 3 is 2.84 bits per heavy atom. The van der Waals surface area contributed by atoms with Gasteiger partial charge in [0.15, 0.2) is 5.82 Å². The third-order valence-electron chi connectivity index (χ3n) is 4.38. The lowest BCUT2D eigenvalue weighted by atomic mass is 9.97. The monoisotopic (exact) mass is 368 g/mol. The number of fused-ring (bicyclic) bond motifs is 3. The molecule has 1 N–H and O–H groups in total. The molecule has 1 aliphatic rings. The number of thiophene rings is 1. The fourth-order valence-corrected chi connectivity index (χ4v) is 4.59. The molecule has 2 aromatic heterocycles. The number of H-pyrrole nitrogens is 1. The number of nitrogens with one attached hydrogen (secondary N) is 1. The molecular weight excluding hydrogens is 352 g/mol. The highest BCUT2D eigenvalue weighted by Crippen LogP contribution is 2.34. The molecule has 1 aromatic carbocycles. The van der Waals surface area contributed by atoms with Crippen LogP contribution in [-0.4, -0.2) is 9.97 Å². The standard InChI is InChI=1S/C20H17ClN2OS/c21-15(11-6-9-13-7-2-1-3-8-13)18-22-19(24)17-14-10-4-5-12-16(14)25-20(17)23-18/h1-3,6-9,11H,4-5,10,12H2,(H,22,23,24)/b9-6+,15-11+. The average Bonchev–Trinajstić information content (AvgIpc) is 3.01. The van der Waals surface area contributed by atoms with E-state index >= 15 is 0 Å². The molecule has 0 radical (unpaired) electrons. The van der Waals surface area contributed by atoms with Crippen molar-refractivity contribution in [2.24, 2.45) is 0 Å². The smallest absolute Gasteiger partial charge is 0.260 e. The lowest BCUT2D eigenvalue weighted by Crippen LogP contribution is -2.12. The van der Waals surface area contributed by atoms with Gasteiger partial charge in [0, 0.05) is 4.88 Å². The molecule has 0 bridgehead atoms. The summed E-state index contributed by atoms with van der Waals surface area (Å²) < 4.78 is 0. The Labute approximate surface area is 154 Å². The number of benzene rings is 1. The Bertz CT molecular complexity index is 1030. The van der Waals surface area contributed by atoms with E-state index < -0.39 is 0 Å². The van der Waals surface area contributed by atoms with Crippen molar-refractivity contribution in [2.45, 2.75) is 25.7 Å². The van der Waals surface area contributed by atoms with E-state index in [9.17, 15) is 4.79 Å². The SMILES string of the molecule is O=c1[nH]c(/C(Cl)=C\C=C\c2ccccc2)nc2sc3c(c12)CCCC3. The highest BCUT2D eigenvalue weighted by atomic mass is 35.5. The number of halogens is 1. The zero-order valence-electron chi connectivity index (χ0n) is 13.6. The summed E-state index contributed by atoms with van der Waals surface area (Å²) in [4.78, 5) is 22.1. The van der Waals surface area contributed by atoms with Gasteiger partial charge in [0.25, 0.3) is 5.56 Å². The van der Waals surface area contributed by atoms with Crippen LogP contribution in [0.1, 0.15) is 34.7 Å². The van der Waals surface area contributed by atoms with Crippen LogP contribution in [0.3, 0.4) is 0 Å². The first-order valence-electron chi connectivity index (χ1n) is 8.36. The largest absolute Gasteiger partial charge is 0.305 e. The van der Waals surface area contributed by atoms with Gasteiger partial charge < -0.3 is 4.98 Å². The molecule has 3 aromatic rings. The molecule has 0 saturated heterocycles. The van der Waals surface area contributed by atoms with Gasteiger partial charge >= 0.3 is 0 Å². The molecule has 1 aliphatic carbocycles. The van der Waals surface area contributed by atoms with Gasteiger partial charge in [0.05, 0.1) is 10.4 Å². The molecule has 0 saturated carbocycles. The number of aryl methyl sites for hydroxylation is 2. The van der Waals surface area contributed by atoms with Crippen molar-refractivity contribution >= 4 is 44.3 Å². The molecule has 0 aliphatic heterocycles. The fourth-order valence-electron chi connectivity index (χ4n) is 3.16. The summed E-state index contributed by atoms with van der Waals surface area (Å²) in [6.45, 7) is 0. The van der Waals surface area contributed by atoms with Crippen molar-refractivity contribution in [1.82, 2.24) is 9.97 Å². The van der Waals surface area contributed by atoms with Crippen molar-refractivity contribution in [3.8, 4) is 0 Å². The van der Waals surface area contributed by atoms with Gasteiger partial charge in [-0.05, 0) is 42.9 Å². The maximum atomic E-state index is 12.5. The first kappa shape index (κ1) is 16.3. The minimum absolute atomic E-state index is 0.0852. The molecule has 5 heteroatoms. The summed E-state index contributed by atoms with van der Waals surface area (Å²) in [5, 5.41) is 1.19. The number of hydrogen-bond donors (Lipinski definition) is 1. The third-order valence-corrected chi connectivity index (χ3v) is 5.87. The normalized spacial score (nSPS) is 15.0. The first-order valence-corrected chi connectivity index (χ1v) is 9.55. The maximum Gasteiger partial charge on any atom is 0.260 e. The lowest BCUT2D eigenvalue weighted by Gasteiger charge is -2.09. The second-order valence-corrected chi connectivity index (χ2v) is 7.58. The van der Waals surface area contributed by atoms with Crippen molar-refractivity contribution in [2.75, 3.05) is 0 Å². The van der Waals surface area contributed by atoms with Gasteiger partial charge in [-0.2, -0.15) is 0 Å². The average molecular weight is 369 g/mol. The first-order chi connectivity index (χ1) is 12.2. The van der Waals surface area contributed by atoms with Gasteiger partial charge in [0.1, 0.15) is 4.83 Å². The van der Waals surface area contributed by atoms with E-state index in [1.54, 1.807) is 17.4 Å². The van der Waals surface area contributed by atoms with Gasteiger partial charge in [-0.3, -0.25) is 4.79 Å². The second kappa shape index (κ2) is 6.98. The summed E-state index contributed by atoms with van der Waals surface area (Å²) in [7, 11) is 0. The lowest BCUT2D eigenvalue weighted by molar-refractivity contribution is 0.700. The number of nitrogens with zero attached hydrogens (tertiary/aromatic N) is 1. The van der Waals surface area contributed by atoms with E-state index in [0.717, 1.165) is 35.0 Å². The molecule has 0 unspecified atom stereocenters. The topological polar surface area (TPSA) is 45.8 Å². The Morgan fingerprint density at radius 2 is 2.00 bits per heavy atom. The molecule has 0 spiro atoms. The summed E-state index contributed by atoms with van der Waals surface area (Å²) in [5.74, 6) is 0.426. The quantitative estimate of drug-likeness (QED) is 0.649.